The number of pyridine rings is 1. The molecule has 0 saturated carbocycles. The Bertz CT molecular complexity index is 1630. The van der Waals surface area contributed by atoms with Crippen LogP contribution in [0.5, 0.6) is 0 Å². The van der Waals surface area contributed by atoms with E-state index in [4.69, 9.17) is 26.7 Å². The maximum atomic E-state index is 11.7. The van der Waals surface area contributed by atoms with Gasteiger partial charge in [-0.2, -0.15) is 5.10 Å². The molecule has 2 aromatic carbocycles. The third kappa shape index (κ3) is 4.61. The number of aliphatic carboxylic acids is 1. The number of hydrogen-bond donors (Lipinski definition) is 1. The molecule has 7 nitrogen and oxygen atoms in total. The normalized spacial score (nSPS) is 15.1. The number of thiazole rings is 1. The summed E-state index contributed by atoms with van der Waals surface area (Å²) in [6, 6.07) is 13.9. The van der Waals surface area contributed by atoms with Crippen LogP contribution in [0.3, 0.4) is 0 Å². The average Bonchev–Trinajstić information content (AvgIpc) is 3.49. The highest BCUT2D eigenvalue weighted by atomic mass is 35.5. The van der Waals surface area contributed by atoms with Crippen LogP contribution in [-0.4, -0.2) is 55.9 Å². The summed E-state index contributed by atoms with van der Waals surface area (Å²) in [7, 11) is 2.16. The standard InChI is InChI=1S/C28H26ClN5O2S/c1-16-13-23-27(26(20(16)14-25(35)36)17-3-5-18(29)6-4-17)37-28(31-23)22-8-7-21-24(30-22)15-34(32-21)19-9-11-33(2)12-10-19/h3-8,13,15,19H,9-12,14H2,1-2H3,(H,35,36). The number of carbonyl (C=O) groups is 1. The Balaban J connectivity index is 1.44. The fraction of sp³-hybridized carbons (Fsp3) is 0.286. The molecule has 0 spiro atoms. The molecule has 0 unspecified atom stereocenters. The number of rotatable bonds is 5. The first kappa shape index (κ1) is 24.0. The number of likely N-dealkylation sites (tertiary alicyclic amines) is 1. The molecule has 1 saturated heterocycles. The fourth-order valence-corrected chi connectivity index (χ4v) is 6.37. The van der Waals surface area contributed by atoms with Gasteiger partial charge in [-0.3, -0.25) is 9.48 Å². The Hall–Kier alpha value is -3.33. The van der Waals surface area contributed by atoms with E-state index in [0.717, 1.165) is 80.1 Å². The molecule has 0 radical (unpaired) electrons. The van der Waals surface area contributed by atoms with Crippen molar-refractivity contribution in [3.63, 3.8) is 0 Å². The molecule has 37 heavy (non-hydrogen) atoms. The van der Waals surface area contributed by atoms with Gasteiger partial charge in [-0.05, 0) is 86.9 Å². The van der Waals surface area contributed by atoms with Crippen molar-refractivity contribution in [3.8, 4) is 21.8 Å². The number of halogens is 1. The molecule has 188 valence electrons. The number of hydrogen-bond acceptors (Lipinski definition) is 6. The van der Waals surface area contributed by atoms with Crippen LogP contribution >= 0.6 is 22.9 Å². The summed E-state index contributed by atoms with van der Waals surface area (Å²) in [5, 5.41) is 15.9. The molecule has 0 atom stereocenters. The molecular formula is C28H26ClN5O2S. The summed E-state index contributed by atoms with van der Waals surface area (Å²) in [6.07, 6.45) is 4.16. The summed E-state index contributed by atoms with van der Waals surface area (Å²) in [4.78, 5) is 23.9. The van der Waals surface area contributed by atoms with Gasteiger partial charge in [-0.15, -0.1) is 11.3 Å². The molecule has 0 bridgehead atoms. The molecule has 9 heteroatoms. The van der Waals surface area contributed by atoms with Gasteiger partial charge in [-0.1, -0.05) is 23.7 Å². The van der Waals surface area contributed by atoms with Crippen molar-refractivity contribution in [2.45, 2.75) is 32.2 Å². The first-order chi connectivity index (χ1) is 17.9. The van der Waals surface area contributed by atoms with Crippen molar-refractivity contribution in [1.82, 2.24) is 24.6 Å². The summed E-state index contributed by atoms with van der Waals surface area (Å²) in [5.41, 5.74) is 6.87. The van der Waals surface area contributed by atoms with E-state index in [1.165, 1.54) is 11.3 Å². The van der Waals surface area contributed by atoms with Crippen LogP contribution in [0.1, 0.15) is 30.0 Å². The second kappa shape index (κ2) is 9.52. The molecule has 0 aliphatic carbocycles. The maximum absolute atomic E-state index is 11.7. The van der Waals surface area contributed by atoms with Gasteiger partial charge in [0.1, 0.15) is 16.0 Å². The van der Waals surface area contributed by atoms with Gasteiger partial charge in [0.2, 0.25) is 0 Å². The van der Waals surface area contributed by atoms with Crippen molar-refractivity contribution in [3.05, 3.63) is 64.8 Å². The van der Waals surface area contributed by atoms with Crippen molar-refractivity contribution in [2.75, 3.05) is 20.1 Å². The molecule has 5 aromatic rings. The largest absolute Gasteiger partial charge is 0.481 e. The van der Waals surface area contributed by atoms with Gasteiger partial charge >= 0.3 is 5.97 Å². The highest BCUT2D eigenvalue weighted by molar-refractivity contribution is 7.22. The Labute approximate surface area is 223 Å². The third-order valence-electron chi connectivity index (χ3n) is 7.13. The Morgan fingerprint density at radius 1 is 1.08 bits per heavy atom. The first-order valence-corrected chi connectivity index (χ1v) is 13.5. The second-order valence-corrected chi connectivity index (χ2v) is 11.2. The van der Waals surface area contributed by atoms with Crippen molar-refractivity contribution >= 4 is 50.2 Å². The zero-order chi connectivity index (χ0) is 25.7. The lowest BCUT2D eigenvalue weighted by Gasteiger charge is -2.28. The predicted octanol–water partition coefficient (Wildman–Crippen LogP) is 6.23. The molecule has 1 aliphatic heterocycles. The fourth-order valence-electron chi connectivity index (χ4n) is 5.14. The number of nitrogens with zero attached hydrogens (tertiary/aromatic N) is 5. The SMILES string of the molecule is Cc1cc2nc(-c3ccc4nn(C5CCN(C)CC5)cc4n3)sc2c(-c2ccc(Cl)cc2)c1CC(=O)O. The van der Waals surface area contributed by atoms with Crippen LogP contribution in [0.15, 0.2) is 48.7 Å². The van der Waals surface area contributed by atoms with Crippen molar-refractivity contribution < 1.29 is 9.90 Å². The monoisotopic (exact) mass is 531 g/mol. The number of benzene rings is 2. The van der Waals surface area contributed by atoms with Crippen LogP contribution in [0.25, 0.3) is 43.1 Å². The second-order valence-electron chi connectivity index (χ2n) is 9.74. The van der Waals surface area contributed by atoms with Gasteiger partial charge in [0.15, 0.2) is 0 Å². The Morgan fingerprint density at radius 3 is 2.57 bits per heavy atom. The lowest BCUT2D eigenvalue weighted by atomic mass is 9.93. The number of aromatic nitrogens is 4. The first-order valence-electron chi connectivity index (χ1n) is 12.3. The van der Waals surface area contributed by atoms with E-state index in [1.807, 2.05) is 49.4 Å². The minimum Gasteiger partial charge on any atom is -0.481 e. The third-order valence-corrected chi connectivity index (χ3v) is 8.50. The number of aryl methyl sites for hydroxylation is 1. The lowest BCUT2D eigenvalue weighted by molar-refractivity contribution is -0.136. The van der Waals surface area contributed by atoms with E-state index in [-0.39, 0.29) is 6.42 Å². The number of piperidine rings is 1. The van der Waals surface area contributed by atoms with Crippen LogP contribution in [0, 0.1) is 6.92 Å². The van der Waals surface area contributed by atoms with Crippen molar-refractivity contribution in [1.29, 1.82) is 0 Å². The summed E-state index contributed by atoms with van der Waals surface area (Å²) in [6.45, 7) is 4.09. The van der Waals surface area contributed by atoms with Gasteiger partial charge in [-0.25, -0.2) is 9.97 Å². The summed E-state index contributed by atoms with van der Waals surface area (Å²) in [5.74, 6) is -0.865. The number of carboxylic acids is 1. The molecule has 1 fully saturated rings. The van der Waals surface area contributed by atoms with Gasteiger partial charge in [0.25, 0.3) is 0 Å². The van der Waals surface area contributed by atoms with E-state index in [0.29, 0.717) is 11.1 Å². The van der Waals surface area contributed by atoms with Crippen LogP contribution in [0.2, 0.25) is 5.02 Å². The van der Waals surface area contributed by atoms with E-state index >= 15 is 0 Å². The molecule has 6 rings (SSSR count). The average molecular weight is 532 g/mol. The molecule has 3 aromatic heterocycles. The summed E-state index contributed by atoms with van der Waals surface area (Å²) < 4.78 is 3.02. The topological polar surface area (TPSA) is 84.1 Å². The van der Waals surface area contributed by atoms with E-state index in [2.05, 4.69) is 22.8 Å². The molecule has 1 aliphatic rings. The highest BCUT2D eigenvalue weighted by Crippen LogP contribution is 2.41. The maximum Gasteiger partial charge on any atom is 0.307 e. The molecule has 0 amide bonds. The lowest BCUT2D eigenvalue weighted by Crippen LogP contribution is -2.31. The zero-order valence-corrected chi connectivity index (χ0v) is 22.2. The van der Waals surface area contributed by atoms with Gasteiger partial charge < -0.3 is 10.0 Å². The Morgan fingerprint density at radius 2 is 1.84 bits per heavy atom. The smallest absolute Gasteiger partial charge is 0.307 e. The van der Waals surface area contributed by atoms with E-state index in [1.54, 1.807) is 0 Å². The highest BCUT2D eigenvalue weighted by Gasteiger charge is 2.22. The minimum absolute atomic E-state index is 0.0622. The molecular weight excluding hydrogens is 506 g/mol. The quantitative estimate of drug-likeness (QED) is 0.289. The van der Waals surface area contributed by atoms with Gasteiger partial charge in [0.05, 0.1) is 34.6 Å². The molecule has 4 heterocycles. The zero-order valence-electron chi connectivity index (χ0n) is 20.6. The Kier molecular flexibility index (Phi) is 6.18. The molecule has 1 N–H and O–H groups in total. The summed E-state index contributed by atoms with van der Waals surface area (Å²) >= 11 is 7.68. The minimum atomic E-state index is -0.865. The van der Waals surface area contributed by atoms with Crippen LogP contribution in [0.4, 0.5) is 0 Å². The van der Waals surface area contributed by atoms with Crippen molar-refractivity contribution in [2.24, 2.45) is 0 Å². The predicted molar refractivity (Wildman–Crippen MR) is 148 cm³/mol. The van der Waals surface area contributed by atoms with Gasteiger partial charge in [0, 0.05) is 10.6 Å². The van der Waals surface area contributed by atoms with Crippen LogP contribution in [-0.2, 0) is 11.2 Å². The number of carboxylic acid groups (broad SMARTS) is 1. The van der Waals surface area contributed by atoms with E-state index < -0.39 is 5.97 Å². The van der Waals surface area contributed by atoms with Crippen LogP contribution < -0.4 is 0 Å². The van der Waals surface area contributed by atoms with E-state index in [9.17, 15) is 9.90 Å². The number of fused-ring (bicyclic) bond motifs is 2.